The Morgan fingerprint density at radius 1 is 1.12 bits per heavy atom. The number of methoxy groups -OCH3 is 1. The van der Waals surface area contributed by atoms with Gasteiger partial charge in [-0.2, -0.15) is 0 Å². The number of hydrogen-bond donors (Lipinski definition) is 3. The van der Waals surface area contributed by atoms with E-state index in [4.69, 9.17) is 9.53 Å². The Morgan fingerprint density at radius 2 is 1.72 bits per heavy atom. The molecule has 0 saturated heterocycles. The average Bonchev–Trinajstić information content (AvgIpc) is 2.67. The van der Waals surface area contributed by atoms with Crippen molar-refractivity contribution in [1.82, 2.24) is 10.6 Å². The molecule has 2 aromatic carbocycles. The first-order valence-corrected chi connectivity index (χ1v) is 8.31. The van der Waals surface area contributed by atoms with Crippen LogP contribution in [-0.2, 0) is 11.2 Å². The largest absolute Gasteiger partial charge is 0.497 e. The molecule has 0 heterocycles. The molecule has 0 radical (unpaired) electrons. The van der Waals surface area contributed by atoms with Gasteiger partial charge in [0.1, 0.15) is 5.75 Å². The van der Waals surface area contributed by atoms with Gasteiger partial charge < -0.3 is 20.5 Å². The smallest absolute Gasteiger partial charge is 0.206 e. The molecule has 2 unspecified atom stereocenters. The average molecular weight is 344 g/mol. The third-order valence-corrected chi connectivity index (χ3v) is 3.66. The second-order valence-electron chi connectivity index (χ2n) is 5.69. The van der Waals surface area contributed by atoms with Gasteiger partial charge in [-0.3, -0.25) is 4.79 Å². The molecule has 2 atom stereocenters. The molecule has 0 aliphatic carbocycles. The molecule has 0 saturated carbocycles. The van der Waals surface area contributed by atoms with Crippen molar-refractivity contribution in [2.24, 2.45) is 0 Å². The zero-order valence-corrected chi connectivity index (χ0v) is 15.1. The second kappa shape index (κ2) is 12.1. The molecule has 0 fully saturated rings. The number of carbonyl (C=O) groups is 1. The van der Waals surface area contributed by atoms with Crippen LogP contribution in [0.3, 0.4) is 0 Å². The van der Waals surface area contributed by atoms with E-state index in [1.54, 1.807) is 14.2 Å². The number of rotatable bonds is 8. The molecule has 1 amide bonds. The molecule has 3 N–H and O–H groups in total. The molecule has 5 nitrogen and oxygen atoms in total. The van der Waals surface area contributed by atoms with E-state index in [0.717, 1.165) is 17.7 Å². The van der Waals surface area contributed by atoms with Crippen LogP contribution in [0.2, 0.25) is 0 Å². The van der Waals surface area contributed by atoms with Crippen molar-refractivity contribution in [3.05, 3.63) is 65.7 Å². The van der Waals surface area contributed by atoms with Crippen molar-refractivity contribution in [3.63, 3.8) is 0 Å². The van der Waals surface area contributed by atoms with Gasteiger partial charge in [0, 0.05) is 19.6 Å². The number of hydrogen-bond acceptors (Lipinski definition) is 4. The lowest BCUT2D eigenvalue weighted by Gasteiger charge is -2.17. The standard InChI is InChI=1S/C18H23NO2.C2H5NO/c1-14(12-15-8-10-17(21-2)11-9-15)19-13-18(20)16-6-4-3-5-7-16;1-3-2-4/h3-11,14,18-20H,12-13H2,1-2H3;2H,1H3,(H,3,4). The number of benzene rings is 2. The minimum absolute atomic E-state index is 0.303. The van der Waals surface area contributed by atoms with E-state index in [9.17, 15) is 5.11 Å². The number of aliphatic hydroxyl groups is 1. The molecule has 25 heavy (non-hydrogen) atoms. The van der Waals surface area contributed by atoms with Gasteiger partial charge in [-0.25, -0.2) is 0 Å². The van der Waals surface area contributed by atoms with Crippen LogP contribution < -0.4 is 15.4 Å². The topological polar surface area (TPSA) is 70.6 Å². The van der Waals surface area contributed by atoms with Crippen molar-refractivity contribution < 1.29 is 14.6 Å². The molecule has 136 valence electrons. The summed E-state index contributed by atoms with van der Waals surface area (Å²) in [4.78, 5) is 9.06. The molecule has 0 spiro atoms. The maximum atomic E-state index is 10.1. The van der Waals surface area contributed by atoms with E-state index in [2.05, 4.69) is 29.7 Å². The molecule has 2 rings (SSSR count). The van der Waals surface area contributed by atoms with E-state index in [-0.39, 0.29) is 0 Å². The number of carbonyl (C=O) groups excluding carboxylic acids is 1. The second-order valence-corrected chi connectivity index (χ2v) is 5.69. The fourth-order valence-corrected chi connectivity index (χ4v) is 2.29. The summed E-state index contributed by atoms with van der Waals surface area (Å²) in [6, 6.07) is 18.1. The van der Waals surface area contributed by atoms with Crippen molar-refractivity contribution in [2.45, 2.75) is 25.5 Å². The fraction of sp³-hybridized carbons (Fsp3) is 0.350. The van der Waals surface area contributed by atoms with Crippen LogP contribution >= 0.6 is 0 Å². The Labute approximate surface area is 150 Å². The summed E-state index contributed by atoms with van der Waals surface area (Å²) in [5.41, 5.74) is 2.20. The zero-order valence-electron chi connectivity index (χ0n) is 15.1. The quantitative estimate of drug-likeness (QED) is 0.643. The summed E-state index contributed by atoms with van der Waals surface area (Å²) in [5.74, 6) is 0.874. The lowest BCUT2D eigenvalue weighted by atomic mass is 10.1. The molecule has 0 aliphatic heterocycles. The van der Waals surface area contributed by atoms with Gasteiger partial charge in [-0.05, 0) is 36.6 Å². The summed E-state index contributed by atoms with van der Waals surface area (Å²) in [5, 5.41) is 15.8. The SMILES string of the molecule is CNC=O.COc1ccc(CC(C)NCC(O)c2ccccc2)cc1. The first kappa shape index (κ1) is 20.7. The van der Waals surface area contributed by atoms with Crippen LogP contribution in [0.5, 0.6) is 5.75 Å². The number of nitrogens with one attached hydrogen (secondary N) is 2. The van der Waals surface area contributed by atoms with E-state index < -0.39 is 6.10 Å². The minimum Gasteiger partial charge on any atom is -0.497 e. The maximum absolute atomic E-state index is 10.1. The maximum Gasteiger partial charge on any atom is 0.206 e. The molecule has 0 aliphatic rings. The first-order valence-electron chi connectivity index (χ1n) is 8.31. The predicted molar refractivity (Wildman–Crippen MR) is 101 cm³/mol. The van der Waals surface area contributed by atoms with Gasteiger partial charge in [-0.1, -0.05) is 42.5 Å². The van der Waals surface area contributed by atoms with Crippen LogP contribution in [0.1, 0.15) is 24.2 Å². The summed E-state index contributed by atoms with van der Waals surface area (Å²) in [7, 11) is 3.23. The molecule has 5 heteroatoms. The normalized spacial score (nSPS) is 12.3. The summed E-state index contributed by atoms with van der Waals surface area (Å²) < 4.78 is 5.15. The monoisotopic (exact) mass is 344 g/mol. The molecular weight excluding hydrogens is 316 g/mol. The lowest BCUT2D eigenvalue weighted by Crippen LogP contribution is -2.32. The summed E-state index contributed by atoms with van der Waals surface area (Å²) in [6.45, 7) is 2.68. The molecule has 0 bridgehead atoms. The van der Waals surface area contributed by atoms with Crippen LogP contribution in [0.15, 0.2) is 54.6 Å². The van der Waals surface area contributed by atoms with Gasteiger partial charge in [0.2, 0.25) is 6.41 Å². The van der Waals surface area contributed by atoms with Crippen molar-refractivity contribution in [1.29, 1.82) is 0 Å². The van der Waals surface area contributed by atoms with Crippen molar-refractivity contribution >= 4 is 6.41 Å². The third-order valence-electron chi connectivity index (χ3n) is 3.66. The Morgan fingerprint density at radius 3 is 2.24 bits per heavy atom. The van der Waals surface area contributed by atoms with E-state index in [1.165, 1.54) is 5.56 Å². The lowest BCUT2D eigenvalue weighted by molar-refractivity contribution is -0.109. The predicted octanol–water partition coefficient (Wildman–Crippen LogP) is 2.31. The van der Waals surface area contributed by atoms with Crippen molar-refractivity contribution in [2.75, 3.05) is 20.7 Å². The summed E-state index contributed by atoms with van der Waals surface area (Å²) >= 11 is 0. The van der Waals surface area contributed by atoms with Gasteiger partial charge in [0.15, 0.2) is 0 Å². The van der Waals surface area contributed by atoms with Gasteiger partial charge in [0.05, 0.1) is 13.2 Å². The first-order chi connectivity index (χ1) is 12.1. The van der Waals surface area contributed by atoms with Crippen LogP contribution in [0, 0.1) is 0 Å². The Kier molecular flexibility index (Phi) is 9.97. The van der Waals surface area contributed by atoms with Gasteiger partial charge in [0.25, 0.3) is 0 Å². The zero-order chi connectivity index (χ0) is 18.5. The Bertz CT molecular complexity index is 588. The fourth-order valence-electron chi connectivity index (χ4n) is 2.29. The van der Waals surface area contributed by atoms with Gasteiger partial charge >= 0.3 is 0 Å². The molecule has 0 aromatic heterocycles. The molecular formula is C20H28N2O3. The van der Waals surface area contributed by atoms with E-state index in [1.807, 2.05) is 42.5 Å². The van der Waals surface area contributed by atoms with Crippen LogP contribution in [0.4, 0.5) is 0 Å². The van der Waals surface area contributed by atoms with E-state index in [0.29, 0.717) is 19.0 Å². The van der Waals surface area contributed by atoms with E-state index >= 15 is 0 Å². The highest BCUT2D eigenvalue weighted by Crippen LogP contribution is 2.14. The van der Waals surface area contributed by atoms with Crippen LogP contribution in [-0.4, -0.2) is 38.3 Å². The Hall–Kier alpha value is -2.37. The minimum atomic E-state index is -0.468. The van der Waals surface area contributed by atoms with Gasteiger partial charge in [-0.15, -0.1) is 0 Å². The summed E-state index contributed by atoms with van der Waals surface area (Å²) in [6.07, 6.45) is 1.08. The highest BCUT2D eigenvalue weighted by molar-refractivity contribution is 5.44. The van der Waals surface area contributed by atoms with Crippen molar-refractivity contribution in [3.8, 4) is 5.75 Å². The number of ether oxygens (including phenoxy) is 1. The number of aliphatic hydroxyl groups excluding tert-OH is 1. The number of amides is 1. The highest BCUT2D eigenvalue weighted by atomic mass is 16.5. The highest BCUT2D eigenvalue weighted by Gasteiger charge is 2.09. The molecule has 2 aromatic rings. The third kappa shape index (κ3) is 8.33. The Balaban J connectivity index is 0.000000705. The van der Waals surface area contributed by atoms with Crippen LogP contribution in [0.25, 0.3) is 0 Å².